The van der Waals surface area contributed by atoms with Crippen molar-refractivity contribution in [2.24, 2.45) is 5.92 Å². The number of nitrogens with zero attached hydrogens (tertiary/aromatic N) is 2. The molecular weight excluding hydrogens is 308 g/mol. The first-order valence-corrected chi connectivity index (χ1v) is 9.51. The smallest absolute Gasteiger partial charge is 0.262 e. The summed E-state index contributed by atoms with van der Waals surface area (Å²) in [6.07, 6.45) is 7.18. The number of rotatable bonds is 6. The topological polar surface area (TPSA) is 55.1 Å². The Hall–Kier alpha value is -1.33. The van der Waals surface area contributed by atoms with E-state index in [1.807, 2.05) is 24.3 Å². The van der Waals surface area contributed by atoms with Crippen molar-refractivity contribution in [3.8, 4) is 0 Å². The first-order valence-electron chi connectivity index (χ1n) is 8.53. The second-order valence-corrected chi connectivity index (χ2v) is 7.25. The van der Waals surface area contributed by atoms with E-state index in [4.69, 9.17) is 10.1 Å². The molecule has 0 saturated heterocycles. The summed E-state index contributed by atoms with van der Waals surface area (Å²) in [6, 6.07) is 7.52. The van der Waals surface area contributed by atoms with Gasteiger partial charge in [-0.3, -0.25) is 9.36 Å². The molecule has 0 spiro atoms. The predicted octanol–water partition coefficient (Wildman–Crippen LogP) is 3.45. The Balaban J connectivity index is 1.87. The number of hydrogen-bond acceptors (Lipinski definition) is 4. The van der Waals surface area contributed by atoms with Crippen molar-refractivity contribution in [1.82, 2.24) is 9.55 Å². The molecule has 1 aromatic heterocycles. The van der Waals surface area contributed by atoms with Gasteiger partial charge in [0.05, 0.1) is 10.9 Å². The molecule has 2 aromatic rings. The van der Waals surface area contributed by atoms with E-state index in [0.717, 1.165) is 22.3 Å². The van der Waals surface area contributed by atoms with Crippen molar-refractivity contribution in [2.75, 3.05) is 12.4 Å². The number of aromatic nitrogens is 2. The van der Waals surface area contributed by atoms with Crippen LogP contribution in [0.2, 0.25) is 0 Å². The van der Waals surface area contributed by atoms with Gasteiger partial charge >= 0.3 is 0 Å². The maximum Gasteiger partial charge on any atom is 0.262 e. The summed E-state index contributed by atoms with van der Waals surface area (Å²) >= 11 is 1.70. The van der Waals surface area contributed by atoms with Crippen molar-refractivity contribution >= 4 is 22.7 Å². The van der Waals surface area contributed by atoms with E-state index >= 15 is 0 Å². The van der Waals surface area contributed by atoms with E-state index in [9.17, 15) is 4.79 Å². The Labute approximate surface area is 140 Å². The highest BCUT2D eigenvalue weighted by Gasteiger charge is 2.16. The summed E-state index contributed by atoms with van der Waals surface area (Å²) in [6.45, 7) is 0.617. The molecule has 0 aliphatic heterocycles. The lowest BCUT2D eigenvalue weighted by atomic mass is 9.91. The second-order valence-electron chi connectivity index (χ2n) is 6.26. The lowest BCUT2D eigenvalue weighted by Crippen LogP contribution is -2.24. The van der Waals surface area contributed by atoms with Gasteiger partial charge in [0.2, 0.25) is 0 Å². The first kappa shape index (κ1) is 16.5. The van der Waals surface area contributed by atoms with Gasteiger partial charge in [-0.1, -0.05) is 43.2 Å². The number of aliphatic hydroxyl groups excluding tert-OH is 1. The normalized spacial score (nSPS) is 16.0. The Morgan fingerprint density at radius 2 is 2.00 bits per heavy atom. The van der Waals surface area contributed by atoms with Crippen molar-refractivity contribution in [1.29, 1.82) is 0 Å². The Bertz CT molecular complexity index is 708. The third-order valence-corrected chi connectivity index (χ3v) is 5.75. The average molecular weight is 332 g/mol. The minimum atomic E-state index is 0.00944. The summed E-state index contributed by atoms with van der Waals surface area (Å²) in [5.74, 6) is 1.77. The number of fused-ring (bicyclic) bond motifs is 1. The fraction of sp³-hybridized carbons (Fsp3) is 0.556. The van der Waals surface area contributed by atoms with Crippen LogP contribution in [0.5, 0.6) is 0 Å². The zero-order valence-corrected chi connectivity index (χ0v) is 14.2. The Morgan fingerprint density at radius 1 is 1.22 bits per heavy atom. The lowest BCUT2D eigenvalue weighted by Gasteiger charge is -2.21. The van der Waals surface area contributed by atoms with E-state index in [1.165, 1.54) is 32.1 Å². The fourth-order valence-electron chi connectivity index (χ4n) is 3.23. The van der Waals surface area contributed by atoms with Crippen LogP contribution in [-0.4, -0.2) is 27.0 Å². The third kappa shape index (κ3) is 3.96. The SMILES string of the molecule is O=c1c2ccccc2nc(SCC2CCCCC2)n1CCCO. The van der Waals surface area contributed by atoms with E-state index in [0.29, 0.717) is 18.4 Å². The molecule has 0 atom stereocenters. The molecule has 1 fully saturated rings. The first-order chi connectivity index (χ1) is 11.3. The number of thioether (sulfide) groups is 1. The Morgan fingerprint density at radius 3 is 2.78 bits per heavy atom. The molecule has 1 saturated carbocycles. The van der Waals surface area contributed by atoms with Gasteiger partial charge in [-0.25, -0.2) is 4.98 Å². The van der Waals surface area contributed by atoms with Gasteiger partial charge in [0.1, 0.15) is 0 Å². The van der Waals surface area contributed by atoms with Gasteiger partial charge in [-0.15, -0.1) is 0 Å². The molecule has 0 bridgehead atoms. The minimum absolute atomic E-state index is 0.00944. The van der Waals surface area contributed by atoms with Crippen LogP contribution >= 0.6 is 11.8 Å². The number of benzene rings is 1. The van der Waals surface area contributed by atoms with E-state index < -0.39 is 0 Å². The number of aliphatic hydroxyl groups is 1. The van der Waals surface area contributed by atoms with Crippen molar-refractivity contribution in [2.45, 2.75) is 50.2 Å². The highest BCUT2D eigenvalue weighted by Crippen LogP contribution is 2.29. The van der Waals surface area contributed by atoms with Crippen molar-refractivity contribution in [3.63, 3.8) is 0 Å². The highest BCUT2D eigenvalue weighted by molar-refractivity contribution is 7.99. The second kappa shape index (κ2) is 7.97. The van der Waals surface area contributed by atoms with Gasteiger partial charge in [-0.05, 0) is 37.3 Å². The zero-order valence-electron chi connectivity index (χ0n) is 13.4. The van der Waals surface area contributed by atoms with Gasteiger partial charge in [0.25, 0.3) is 5.56 Å². The van der Waals surface area contributed by atoms with Crippen LogP contribution in [0.25, 0.3) is 10.9 Å². The molecule has 1 N–H and O–H groups in total. The van der Waals surface area contributed by atoms with Gasteiger partial charge in [0, 0.05) is 18.9 Å². The maximum atomic E-state index is 12.7. The monoisotopic (exact) mass is 332 g/mol. The van der Waals surface area contributed by atoms with E-state index in [2.05, 4.69) is 0 Å². The number of hydrogen-bond donors (Lipinski definition) is 1. The molecule has 5 heteroatoms. The molecule has 0 radical (unpaired) electrons. The average Bonchev–Trinajstić information content (AvgIpc) is 2.60. The standard InChI is InChI=1S/C18H24N2O2S/c21-12-6-11-20-17(22)15-9-4-5-10-16(15)19-18(20)23-13-14-7-2-1-3-8-14/h4-5,9-10,14,21H,1-3,6-8,11-13H2. The summed E-state index contributed by atoms with van der Waals surface area (Å²) in [7, 11) is 0. The molecule has 4 nitrogen and oxygen atoms in total. The molecular formula is C18H24N2O2S. The molecule has 0 amide bonds. The largest absolute Gasteiger partial charge is 0.396 e. The number of para-hydroxylation sites is 1. The van der Waals surface area contributed by atoms with Gasteiger partial charge in [0.15, 0.2) is 5.16 Å². The summed E-state index contributed by atoms with van der Waals surface area (Å²) in [5, 5.41) is 10.6. The quantitative estimate of drug-likeness (QED) is 0.650. The Kier molecular flexibility index (Phi) is 5.73. The van der Waals surface area contributed by atoms with Crippen LogP contribution in [0.15, 0.2) is 34.2 Å². The lowest BCUT2D eigenvalue weighted by molar-refractivity contribution is 0.276. The fourth-order valence-corrected chi connectivity index (χ4v) is 4.44. The van der Waals surface area contributed by atoms with Crippen LogP contribution in [0.4, 0.5) is 0 Å². The van der Waals surface area contributed by atoms with Crippen LogP contribution in [0.3, 0.4) is 0 Å². The molecule has 23 heavy (non-hydrogen) atoms. The third-order valence-electron chi connectivity index (χ3n) is 4.54. The molecule has 124 valence electrons. The van der Waals surface area contributed by atoms with Gasteiger partial charge in [-0.2, -0.15) is 0 Å². The van der Waals surface area contributed by atoms with Crippen molar-refractivity contribution < 1.29 is 5.11 Å². The van der Waals surface area contributed by atoms with Crippen LogP contribution in [-0.2, 0) is 6.54 Å². The maximum absolute atomic E-state index is 12.7. The molecule has 1 aliphatic rings. The van der Waals surface area contributed by atoms with Crippen LogP contribution in [0, 0.1) is 5.92 Å². The summed E-state index contributed by atoms with van der Waals surface area (Å²) < 4.78 is 1.74. The van der Waals surface area contributed by atoms with Crippen LogP contribution in [0.1, 0.15) is 38.5 Å². The molecule has 1 aliphatic carbocycles. The summed E-state index contributed by atoms with van der Waals surface area (Å²) in [5.41, 5.74) is 0.777. The van der Waals surface area contributed by atoms with Crippen LogP contribution < -0.4 is 5.56 Å². The van der Waals surface area contributed by atoms with E-state index in [1.54, 1.807) is 16.3 Å². The van der Waals surface area contributed by atoms with Crippen molar-refractivity contribution in [3.05, 3.63) is 34.6 Å². The van der Waals surface area contributed by atoms with E-state index in [-0.39, 0.29) is 12.2 Å². The zero-order chi connectivity index (χ0) is 16.1. The molecule has 0 unspecified atom stereocenters. The highest BCUT2D eigenvalue weighted by atomic mass is 32.2. The summed E-state index contributed by atoms with van der Waals surface area (Å²) in [4.78, 5) is 17.5. The minimum Gasteiger partial charge on any atom is -0.396 e. The predicted molar refractivity (Wildman–Crippen MR) is 95.0 cm³/mol. The molecule has 1 heterocycles. The molecule has 3 rings (SSSR count). The molecule has 1 aromatic carbocycles. The van der Waals surface area contributed by atoms with Gasteiger partial charge < -0.3 is 5.11 Å².